The van der Waals surface area contributed by atoms with Crippen LogP contribution in [-0.4, -0.2) is 19.9 Å². The minimum atomic E-state index is -0.223. The van der Waals surface area contributed by atoms with Gasteiger partial charge in [0, 0.05) is 17.0 Å². The molecule has 6 heteroatoms. The Hall–Kier alpha value is -3.54. The van der Waals surface area contributed by atoms with Crippen LogP contribution < -0.4 is 10.9 Å². The summed E-state index contributed by atoms with van der Waals surface area (Å²) in [6.45, 7) is 3.98. The summed E-state index contributed by atoms with van der Waals surface area (Å²) >= 11 is 0. The molecule has 1 saturated carbocycles. The third-order valence-electron chi connectivity index (χ3n) is 5.80. The highest BCUT2D eigenvalue weighted by atomic mass is 16.1. The summed E-state index contributed by atoms with van der Waals surface area (Å²) in [6.07, 6.45) is 3.84. The average molecular weight is 397 g/mol. The van der Waals surface area contributed by atoms with Crippen molar-refractivity contribution in [2.24, 2.45) is 0 Å². The lowest BCUT2D eigenvalue weighted by Crippen LogP contribution is -2.12. The number of nitrogens with one attached hydrogen (secondary N) is 2. The number of rotatable bonds is 4. The van der Waals surface area contributed by atoms with Gasteiger partial charge in [-0.25, -0.2) is 15.0 Å². The van der Waals surface area contributed by atoms with Gasteiger partial charge in [-0.05, 0) is 49.8 Å². The van der Waals surface area contributed by atoms with E-state index < -0.39 is 0 Å². The first kappa shape index (κ1) is 18.5. The number of fused-ring (bicyclic) bond motifs is 1. The van der Waals surface area contributed by atoms with E-state index in [4.69, 9.17) is 0 Å². The third-order valence-corrected chi connectivity index (χ3v) is 5.80. The van der Waals surface area contributed by atoms with Crippen molar-refractivity contribution in [3.63, 3.8) is 0 Å². The van der Waals surface area contributed by atoms with Gasteiger partial charge in [0.25, 0.3) is 5.56 Å². The van der Waals surface area contributed by atoms with Crippen molar-refractivity contribution in [2.75, 3.05) is 5.32 Å². The van der Waals surface area contributed by atoms with E-state index in [0.29, 0.717) is 23.5 Å². The monoisotopic (exact) mass is 397 g/mol. The number of aryl methyl sites for hydroxylation is 2. The average Bonchev–Trinajstić information content (AvgIpc) is 2.66. The van der Waals surface area contributed by atoms with E-state index >= 15 is 0 Å². The molecule has 1 aliphatic rings. The van der Waals surface area contributed by atoms with E-state index in [0.717, 1.165) is 27.7 Å². The molecule has 1 fully saturated rings. The molecule has 2 aromatic heterocycles. The van der Waals surface area contributed by atoms with Crippen LogP contribution in [0, 0.1) is 13.8 Å². The van der Waals surface area contributed by atoms with Gasteiger partial charge in [-0.15, -0.1) is 0 Å². The molecule has 0 radical (unpaired) electrons. The summed E-state index contributed by atoms with van der Waals surface area (Å²) < 4.78 is 0. The van der Waals surface area contributed by atoms with Gasteiger partial charge in [-0.1, -0.05) is 42.8 Å². The molecule has 4 aromatic rings. The van der Waals surface area contributed by atoms with Crippen molar-refractivity contribution in [1.82, 2.24) is 19.9 Å². The summed E-state index contributed by atoms with van der Waals surface area (Å²) in [5, 5.41) is 4.07. The largest absolute Gasteiger partial charge is 0.294 e. The summed E-state index contributed by atoms with van der Waals surface area (Å²) in [5.74, 6) is 1.42. The number of hydrogen-bond acceptors (Lipinski definition) is 5. The van der Waals surface area contributed by atoms with Crippen molar-refractivity contribution >= 4 is 22.8 Å². The highest BCUT2D eigenvalue weighted by Gasteiger charge is 2.19. The Kier molecular flexibility index (Phi) is 4.54. The Morgan fingerprint density at radius 1 is 0.967 bits per heavy atom. The molecule has 150 valence electrons. The van der Waals surface area contributed by atoms with Crippen molar-refractivity contribution in [3.8, 4) is 11.3 Å². The molecule has 0 saturated heterocycles. The number of nitrogens with zero attached hydrogens (tertiary/aromatic N) is 3. The van der Waals surface area contributed by atoms with Crippen LogP contribution in [0.2, 0.25) is 0 Å². The summed E-state index contributed by atoms with van der Waals surface area (Å²) in [7, 11) is 0. The molecule has 0 aliphatic heterocycles. The number of anilines is 2. The van der Waals surface area contributed by atoms with Gasteiger partial charge in [0.05, 0.1) is 16.9 Å². The summed E-state index contributed by atoms with van der Waals surface area (Å²) in [6, 6.07) is 16.0. The molecule has 0 atom stereocenters. The van der Waals surface area contributed by atoms with Gasteiger partial charge < -0.3 is 0 Å². The van der Waals surface area contributed by atoms with Crippen LogP contribution >= 0.6 is 0 Å². The molecule has 0 spiro atoms. The fourth-order valence-corrected chi connectivity index (χ4v) is 3.89. The van der Waals surface area contributed by atoms with Crippen molar-refractivity contribution in [3.05, 3.63) is 75.7 Å². The van der Waals surface area contributed by atoms with E-state index in [-0.39, 0.29) is 5.56 Å². The lowest BCUT2D eigenvalue weighted by molar-refractivity contribution is 0.420. The SMILES string of the molecule is Cc1ccc2c(C)nc(Nc3nc(-c4ccc(C5CCC5)cc4)cc(=O)[nH]3)nc2c1. The van der Waals surface area contributed by atoms with Crippen LogP contribution in [0.5, 0.6) is 0 Å². The molecule has 0 unspecified atom stereocenters. The lowest BCUT2D eigenvalue weighted by atomic mass is 9.80. The number of H-pyrrole nitrogens is 1. The van der Waals surface area contributed by atoms with Gasteiger partial charge in [0.1, 0.15) is 0 Å². The maximum absolute atomic E-state index is 12.3. The third kappa shape index (κ3) is 3.56. The predicted octanol–water partition coefficient (Wildman–Crippen LogP) is 5.01. The van der Waals surface area contributed by atoms with Gasteiger partial charge in [0.2, 0.25) is 11.9 Å². The van der Waals surface area contributed by atoms with Crippen molar-refractivity contribution in [1.29, 1.82) is 0 Å². The first-order valence-corrected chi connectivity index (χ1v) is 10.3. The maximum atomic E-state index is 12.3. The Morgan fingerprint density at radius 2 is 1.77 bits per heavy atom. The lowest BCUT2D eigenvalue weighted by Gasteiger charge is -2.25. The minimum Gasteiger partial charge on any atom is -0.294 e. The Balaban J connectivity index is 1.46. The highest BCUT2D eigenvalue weighted by molar-refractivity contribution is 5.82. The number of aromatic nitrogens is 4. The Morgan fingerprint density at radius 3 is 2.50 bits per heavy atom. The maximum Gasteiger partial charge on any atom is 0.252 e. The van der Waals surface area contributed by atoms with Crippen molar-refractivity contribution < 1.29 is 0 Å². The molecular formula is C24H23N5O. The van der Waals surface area contributed by atoms with E-state index in [1.54, 1.807) is 0 Å². The van der Waals surface area contributed by atoms with Gasteiger partial charge in [-0.2, -0.15) is 0 Å². The molecule has 0 bridgehead atoms. The quantitative estimate of drug-likeness (QED) is 0.506. The highest BCUT2D eigenvalue weighted by Crippen LogP contribution is 2.36. The standard InChI is InChI=1S/C24H23N5O/c1-14-6-11-19-15(2)25-23(27-21(19)12-14)29-24-26-20(13-22(30)28-24)18-9-7-17(8-10-18)16-4-3-5-16/h6-13,16H,3-5H2,1-2H3,(H2,25,26,27,28,29,30). The van der Waals surface area contributed by atoms with Crippen LogP contribution in [0.25, 0.3) is 22.2 Å². The molecular weight excluding hydrogens is 374 g/mol. The van der Waals surface area contributed by atoms with Crippen LogP contribution in [0.1, 0.15) is 42.0 Å². The van der Waals surface area contributed by atoms with Gasteiger partial charge in [0.15, 0.2) is 0 Å². The van der Waals surface area contributed by atoms with Gasteiger partial charge in [-0.3, -0.25) is 15.1 Å². The molecule has 30 heavy (non-hydrogen) atoms. The zero-order chi connectivity index (χ0) is 20.7. The summed E-state index contributed by atoms with van der Waals surface area (Å²) in [4.78, 5) is 28.7. The normalized spacial score (nSPS) is 13.9. The zero-order valence-electron chi connectivity index (χ0n) is 17.1. The smallest absolute Gasteiger partial charge is 0.252 e. The van der Waals surface area contributed by atoms with E-state index in [1.807, 2.05) is 44.2 Å². The fourth-order valence-electron chi connectivity index (χ4n) is 3.89. The topological polar surface area (TPSA) is 83.6 Å². The molecule has 5 rings (SSSR count). The second-order valence-corrected chi connectivity index (χ2v) is 8.01. The van der Waals surface area contributed by atoms with Gasteiger partial charge >= 0.3 is 0 Å². The molecule has 6 nitrogen and oxygen atoms in total. The van der Waals surface area contributed by atoms with E-state index in [9.17, 15) is 4.79 Å². The molecule has 2 heterocycles. The van der Waals surface area contributed by atoms with E-state index in [1.165, 1.54) is 30.9 Å². The first-order chi connectivity index (χ1) is 14.5. The predicted molar refractivity (Wildman–Crippen MR) is 119 cm³/mol. The Bertz CT molecular complexity index is 1290. The molecule has 2 aromatic carbocycles. The van der Waals surface area contributed by atoms with E-state index in [2.05, 4.69) is 37.4 Å². The minimum absolute atomic E-state index is 0.223. The summed E-state index contributed by atoms with van der Waals surface area (Å²) in [5.41, 5.74) is 5.53. The Labute approximate surface area is 174 Å². The number of benzene rings is 2. The van der Waals surface area contributed by atoms with Crippen LogP contribution in [0.15, 0.2) is 53.3 Å². The van der Waals surface area contributed by atoms with Crippen LogP contribution in [0.3, 0.4) is 0 Å². The van der Waals surface area contributed by atoms with Crippen LogP contribution in [-0.2, 0) is 0 Å². The number of aromatic amines is 1. The second kappa shape index (κ2) is 7.37. The number of hydrogen-bond donors (Lipinski definition) is 2. The molecule has 2 N–H and O–H groups in total. The second-order valence-electron chi connectivity index (χ2n) is 8.01. The van der Waals surface area contributed by atoms with Crippen LogP contribution in [0.4, 0.5) is 11.9 Å². The van der Waals surface area contributed by atoms with Crippen molar-refractivity contribution in [2.45, 2.75) is 39.0 Å². The molecule has 0 amide bonds. The first-order valence-electron chi connectivity index (χ1n) is 10.3. The molecule has 1 aliphatic carbocycles. The fraction of sp³-hybridized carbons (Fsp3) is 0.250. The zero-order valence-corrected chi connectivity index (χ0v) is 17.1.